The van der Waals surface area contributed by atoms with Gasteiger partial charge in [0.15, 0.2) is 0 Å². The van der Waals surface area contributed by atoms with Crippen molar-refractivity contribution in [3.63, 3.8) is 0 Å². The summed E-state index contributed by atoms with van der Waals surface area (Å²) in [7, 11) is 1.32. The van der Waals surface area contributed by atoms with Crippen molar-refractivity contribution in [2.75, 3.05) is 7.11 Å². The molecule has 0 aliphatic carbocycles. The maximum atomic E-state index is 11.6. The molecule has 1 N–H and O–H groups in total. The molecule has 0 spiro atoms. The van der Waals surface area contributed by atoms with Crippen LogP contribution < -0.4 is 5.32 Å². The van der Waals surface area contributed by atoms with Gasteiger partial charge in [-0.3, -0.25) is 4.79 Å². The molecule has 0 unspecified atom stereocenters. The Balaban J connectivity index is 2.83. The minimum absolute atomic E-state index is 0.0952. The largest absolute Gasteiger partial charge is 0.467 e. The molecular formula is C16H23NO3. The fourth-order valence-corrected chi connectivity index (χ4v) is 1.96. The number of hydrogen-bond donors (Lipinski definition) is 1. The van der Waals surface area contributed by atoms with Crippen molar-refractivity contribution < 1.29 is 14.3 Å². The number of rotatable bonds is 4. The first-order valence-corrected chi connectivity index (χ1v) is 6.68. The Morgan fingerprint density at radius 1 is 1.20 bits per heavy atom. The van der Waals surface area contributed by atoms with Crippen LogP contribution in [0.1, 0.15) is 38.8 Å². The Kier molecular flexibility index (Phi) is 5.31. The van der Waals surface area contributed by atoms with Gasteiger partial charge < -0.3 is 10.1 Å². The van der Waals surface area contributed by atoms with Crippen LogP contribution >= 0.6 is 0 Å². The predicted molar refractivity (Wildman–Crippen MR) is 78.5 cm³/mol. The van der Waals surface area contributed by atoms with Crippen molar-refractivity contribution in [3.05, 3.63) is 35.4 Å². The summed E-state index contributed by atoms with van der Waals surface area (Å²) in [6.45, 7) is 7.84. The third-order valence-electron chi connectivity index (χ3n) is 3.12. The van der Waals surface area contributed by atoms with Gasteiger partial charge in [0.1, 0.15) is 6.04 Å². The monoisotopic (exact) mass is 277 g/mol. The van der Waals surface area contributed by atoms with E-state index >= 15 is 0 Å². The summed E-state index contributed by atoms with van der Waals surface area (Å²) in [5, 5.41) is 2.61. The molecule has 4 nitrogen and oxygen atoms in total. The highest BCUT2D eigenvalue weighted by molar-refractivity contribution is 5.83. The van der Waals surface area contributed by atoms with E-state index in [4.69, 9.17) is 4.74 Å². The number of amides is 1. The maximum absolute atomic E-state index is 11.6. The Labute approximate surface area is 120 Å². The second kappa shape index (κ2) is 6.55. The summed E-state index contributed by atoms with van der Waals surface area (Å²) in [5.41, 5.74) is 2.32. The van der Waals surface area contributed by atoms with Gasteiger partial charge >= 0.3 is 5.97 Å². The Hall–Kier alpha value is -1.84. The number of carbonyl (C=O) groups excluding carboxylic acids is 2. The first kappa shape index (κ1) is 16.2. The first-order valence-electron chi connectivity index (χ1n) is 6.68. The van der Waals surface area contributed by atoms with Crippen LogP contribution in [0.15, 0.2) is 24.3 Å². The number of benzene rings is 1. The zero-order chi connectivity index (χ0) is 15.3. The lowest BCUT2D eigenvalue weighted by Gasteiger charge is -2.20. The van der Waals surface area contributed by atoms with Crippen LogP contribution in [-0.2, 0) is 26.2 Å². The van der Waals surface area contributed by atoms with Gasteiger partial charge in [-0.25, -0.2) is 4.79 Å². The zero-order valence-corrected chi connectivity index (χ0v) is 12.8. The van der Waals surface area contributed by atoms with Gasteiger partial charge in [-0.1, -0.05) is 45.0 Å². The Morgan fingerprint density at radius 2 is 1.75 bits per heavy atom. The number of hydrogen-bond acceptors (Lipinski definition) is 3. The summed E-state index contributed by atoms with van der Waals surface area (Å²) < 4.78 is 4.71. The van der Waals surface area contributed by atoms with Crippen LogP contribution in [0.4, 0.5) is 0 Å². The van der Waals surface area contributed by atoms with Crippen LogP contribution in [-0.4, -0.2) is 25.0 Å². The van der Waals surface area contributed by atoms with Crippen molar-refractivity contribution in [2.24, 2.45) is 0 Å². The van der Waals surface area contributed by atoms with E-state index in [1.165, 1.54) is 19.6 Å². The van der Waals surface area contributed by atoms with Gasteiger partial charge in [0, 0.05) is 13.3 Å². The second-order valence-corrected chi connectivity index (χ2v) is 5.93. The summed E-state index contributed by atoms with van der Waals surface area (Å²) in [6, 6.07) is 7.43. The van der Waals surface area contributed by atoms with E-state index in [1.54, 1.807) is 0 Å². The van der Waals surface area contributed by atoms with Crippen LogP contribution in [0, 0.1) is 0 Å². The minimum atomic E-state index is -0.641. The van der Waals surface area contributed by atoms with Crippen molar-refractivity contribution in [3.8, 4) is 0 Å². The molecule has 1 aromatic rings. The number of ether oxygens (including phenoxy) is 1. The summed E-state index contributed by atoms with van der Waals surface area (Å²) in [4.78, 5) is 22.8. The molecule has 110 valence electrons. The van der Waals surface area contributed by atoms with E-state index in [1.807, 2.05) is 12.1 Å². The lowest BCUT2D eigenvalue weighted by atomic mass is 9.86. The molecule has 0 aromatic heterocycles. The van der Waals surface area contributed by atoms with Crippen molar-refractivity contribution in [1.82, 2.24) is 5.32 Å². The van der Waals surface area contributed by atoms with Gasteiger partial charge in [-0.15, -0.1) is 0 Å². The Morgan fingerprint density at radius 3 is 2.15 bits per heavy atom. The fraction of sp³-hybridized carbons (Fsp3) is 0.500. The smallest absolute Gasteiger partial charge is 0.328 e. The molecular weight excluding hydrogens is 254 g/mol. The van der Waals surface area contributed by atoms with Crippen LogP contribution in [0.25, 0.3) is 0 Å². The summed E-state index contributed by atoms with van der Waals surface area (Å²) in [5.74, 6) is -0.674. The average molecular weight is 277 g/mol. The molecule has 0 aliphatic heterocycles. The number of nitrogens with one attached hydrogen (secondary N) is 1. The third kappa shape index (κ3) is 4.68. The standard InChI is InChI=1S/C16H23NO3/c1-11(18)17-14(15(19)20-5)10-12-6-8-13(9-7-12)16(2,3)4/h6-9,14H,10H2,1-5H3,(H,17,18)/t14-/m1/s1. The predicted octanol–water partition coefficient (Wildman–Crippen LogP) is 2.20. The highest BCUT2D eigenvalue weighted by atomic mass is 16.5. The molecule has 1 rings (SSSR count). The van der Waals surface area contributed by atoms with Gasteiger partial charge in [0.05, 0.1) is 7.11 Å². The van der Waals surface area contributed by atoms with Crippen LogP contribution in [0.5, 0.6) is 0 Å². The van der Waals surface area contributed by atoms with Gasteiger partial charge in [0.25, 0.3) is 0 Å². The van der Waals surface area contributed by atoms with Crippen LogP contribution in [0.3, 0.4) is 0 Å². The van der Waals surface area contributed by atoms with Crippen molar-refractivity contribution in [1.29, 1.82) is 0 Å². The van der Waals surface area contributed by atoms with E-state index in [2.05, 4.69) is 38.2 Å². The van der Waals surface area contributed by atoms with E-state index < -0.39 is 12.0 Å². The van der Waals surface area contributed by atoms with Crippen molar-refractivity contribution in [2.45, 2.75) is 45.6 Å². The number of methoxy groups -OCH3 is 1. The molecule has 0 radical (unpaired) electrons. The second-order valence-electron chi connectivity index (χ2n) is 5.93. The molecule has 0 saturated carbocycles. The van der Waals surface area contributed by atoms with Gasteiger partial charge in [-0.2, -0.15) is 0 Å². The van der Waals surface area contributed by atoms with Crippen LogP contribution in [0.2, 0.25) is 0 Å². The molecule has 1 atom stereocenters. The SMILES string of the molecule is COC(=O)[C@@H](Cc1ccc(C(C)(C)C)cc1)NC(C)=O. The number of esters is 1. The highest BCUT2D eigenvalue weighted by Gasteiger charge is 2.21. The normalized spacial score (nSPS) is 12.7. The molecule has 1 amide bonds. The van der Waals surface area contributed by atoms with Gasteiger partial charge in [0.2, 0.25) is 5.91 Å². The van der Waals surface area contributed by atoms with Crippen molar-refractivity contribution >= 4 is 11.9 Å². The number of carbonyl (C=O) groups is 2. The topological polar surface area (TPSA) is 55.4 Å². The van der Waals surface area contributed by atoms with Gasteiger partial charge in [-0.05, 0) is 16.5 Å². The highest BCUT2D eigenvalue weighted by Crippen LogP contribution is 2.22. The lowest BCUT2D eigenvalue weighted by molar-refractivity contribution is -0.144. The van der Waals surface area contributed by atoms with E-state index in [0.717, 1.165) is 5.56 Å². The van der Waals surface area contributed by atoms with E-state index in [0.29, 0.717) is 6.42 Å². The molecule has 0 bridgehead atoms. The summed E-state index contributed by atoms with van der Waals surface area (Å²) in [6.07, 6.45) is 0.427. The molecule has 20 heavy (non-hydrogen) atoms. The molecule has 0 aliphatic rings. The molecule has 1 aromatic carbocycles. The van der Waals surface area contributed by atoms with E-state index in [9.17, 15) is 9.59 Å². The minimum Gasteiger partial charge on any atom is -0.467 e. The average Bonchev–Trinajstić information content (AvgIpc) is 2.36. The quantitative estimate of drug-likeness (QED) is 0.858. The molecule has 4 heteroatoms. The maximum Gasteiger partial charge on any atom is 0.328 e. The Bertz CT molecular complexity index is 471. The fourth-order valence-electron chi connectivity index (χ4n) is 1.96. The first-order chi connectivity index (χ1) is 9.24. The molecule has 0 heterocycles. The third-order valence-corrected chi connectivity index (χ3v) is 3.12. The zero-order valence-electron chi connectivity index (χ0n) is 12.8. The lowest BCUT2D eigenvalue weighted by Crippen LogP contribution is -2.41. The molecule has 0 saturated heterocycles. The van der Waals surface area contributed by atoms with E-state index in [-0.39, 0.29) is 11.3 Å². The summed E-state index contributed by atoms with van der Waals surface area (Å²) >= 11 is 0. The molecule has 0 fully saturated rings.